The van der Waals surface area contributed by atoms with Crippen LogP contribution in [0.1, 0.15) is 40.4 Å². The molecule has 1 aliphatic carbocycles. The van der Waals surface area contributed by atoms with Crippen molar-refractivity contribution in [3.05, 3.63) is 58.9 Å². The number of hydrogen-bond donors (Lipinski definition) is 14. The SMILES string of the molecule is CCOC(=O)c1ncn2c1CN(C)C(=O)c1cc(F)ccc1-2.C[C@H]1O[C@H](O[C@H]2[C@H](O)[C@@H](O)[C@@H](O[C@H]3[C@H](O)[C@@H](O)[C@H](O)O[C@@H]3CO)O[C@@H]2CO)[C@H](O)[C@@H](O)[C@@H]1N[C@H]1C=C(CO)[C@@H](O)[C@H](O)[C@H]1O. The number of carbonyl (C=O) groups excluding carboxylic acids is 2. The molecule has 1 amide bonds. The molecule has 19 atom stereocenters. The number of rotatable bonds is 11. The van der Waals surface area contributed by atoms with Crippen molar-refractivity contribution in [3.63, 3.8) is 0 Å². The number of aromatic nitrogens is 2. The molecule has 66 heavy (non-hydrogen) atoms. The highest BCUT2D eigenvalue weighted by Crippen LogP contribution is 2.33. The molecule has 26 heteroatoms. The van der Waals surface area contributed by atoms with Crippen LogP contribution in [0.5, 0.6) is 0 Å². The van der Waals surface area contributed by atoms with Gasteiger partial charge in [-0.15, -0.1) is 0 Å². The van der Waals surface area contributed by atoms with Crippen LogP contribution < -0.4 is 5.32 Å². The molecule has 0 radical (unpaired) electrons. The Morgan fingerprint density at radius 1 is 0.833 bits per heavy atom. The summed E-state index contributed by atoms with van der Waals surface area (Å²) in [6.45, 7) is 1.38. The molecule has 0 bridgehead atoms. The molecule has 370 valence electrons. The average molecular weight is 949 g/mol. The van der Waals surface area contributed by atoms with E-state index in [0.717, 1.165) is 0 Å². The Morgan fingerprint density at radius 2 is 1.44 bits per heavy atom. The number of aliphatic hydroxyl groups is 13. The molecule has 2 aromatic rings. The minimum absolute atomic E-state index is 0.0225. The predicted octanol–water partition coefficient (Wildman–Crippen LogP) is -6.79. The number of fused-ring (bicyclic) bond motifs is 3. The van der Waals surface area contributed by atoms with Crippen LogP contribution in [0.4, 0.5) is 4.39 Å². The van der Waals surface area contributed by atoms with Gasteiger partial charge >= 0.3 is 5.97 Å². The number of halogens is 1. The average Bonchev–Trinajstić information content (AvgIpc) is 3.68. The smallest absolute Gasteiger partial charge is 0.358 e. The molecule has 5 aliphatic rings. The molecule has 14 N–H and O–H groups in total. The van der Waals surface area contributed by atoms with Crippen molar-refractivity contribution >= 4 is 11.9 Å². The fraction of sp³-hybridized carbons (Fsp3) is 0.675. The summed E-state index contributed by atoms with van der Waals surface area (Å²) in [6, 6.07) is 1.79. The van der Waals surface area contributed by atoms with Gasteiger partial charge in [-0.1, -0.05) is 6.08 Å². The summed E-state index contributed by atoms with van der Waals surface area (Å²) in [6.07, 6.45) is -25.1. The van der Waals surface area contributed by atoms with Gasteiger partial charge in [0.2, 0.25) is 0 Å². The maximum Gasteiger partial charge on any atom is 0.358 e. The highest BCUT2D eigenvalue weighted by molar-refractivity contribution is 5.99. The molecule has 0 unspecified atom stereocenters. The molecular formula is C40H57FN4O21. The Morgan fingerprint density at radius 3 is 2.06 bits per heavy atom. The van der Waals surface area contributed by atoms with E-state index < -0.39 is 148 Å². The van der Waals surface area contributed by atoms with Crippen molar-refractivity contribution in [3.8, 4) is 5.69 Å². The van der Waals surface area contributed by atoms with E-state index in [4.69, 9.17) is 28.4 Å². The molecule has 0 saturated carbocycles. The summed E-state index contributed by atoms with van der Waals surface area (Å²) in [5.74, 6) is -1.34. The van der Waals surface area contributed by atoms with Gasteiger partial charge in [0.05, 0.1) is 68.1 Å². The van der Waals surface area contributed by atoms with Crippen LogP contribution >= 0.6 is 0 Å². The Balaban J connectivity index is 0.000000272. The number of hydrogen-bond acceptors (Lipinski definition) is 23. The summed E-state index contributed by atoms with van der Waals surface area (Å²) in [7, 11) is 1.59. The van der Waals surface area contributed by atoms with Gasteiger partial charge in [0.15, 0.2) is 24.6 Å². The van der Waals surface area contributed by atoms with Crippen molar-refractivity contribution in [2.45, 2.75) is 137 Å². The number of benzene rings is 1. The molecule has 4 aliphatic heterocycles. The second-order valence-electron chi connectivity index (χ2n) is 16.3. The monoisotopic (exact) mass is 948 g/mol. The van der Waals surface area contributed by atoms with Crippen LogP contribution in [0, 0.1) is 5.82 Å². The maximum absolute atomic E-state index is 13.5. The molecule has 5 heterocycles. The summed E-state index contributed by atoms with van der Waals surface area (Å²) < 4.78 is 47.5. The molecule has 0 spiro atoms. The van der Waals surface area contributed by atoms with E-state index in [2.05, 4.69) is 10.3 Å². The van der Waals surface area contributed by atoms with E-state index in [9.17, 15) is 80.4 Å². The fourth-order valence-electron chi connectivity index (χ4n) is 8.31. The first-order chi connectivity index (χ1) is 31.3. The molecule has 7 rings (SSSR count). The number of nitrogens with zero attached hydrogens (tertiary/aromatic N) is 3. The lowest BCUT2D eigenvalue weighted by atomic mass is 9.86. The van der Waals surface area contributed by atoms with Gasteiger partial charge in [0.1, 0.15) is 91.5 Å². The van der Waals surface area contributed by atoms with Crippen LogP contribution in [0.15, 0.2) is 36.2 Å². The third kappa shape index (κ3) is 10.3. The highest BCUT2D eigenvalue weighted by atomic mass is 19.1. The van der Waals surface area contributed by atoms with Crippen molar-refractivity contribution in [1.82, 2.24) is 19.8 Å². The summed E-state index contributed by atoms with van der Waals surface area (Å²) in [4.78, 5) is 29.9. The van der Waals surface area contributed by atoms with Crippen molar-refractivity contribution in [2.75, 3.05) is 33.5 Å². The van der Waals surface area contributed by atoms with Crippen LogP contribution in [-0.4, -0.2) is 243 Å². The summed E-state index contributed by atoms with van der Waals surface area (Å²) in [5.41, 5.74) is 1.45. The predicted molar refractivity (Wildman–Crippen MR) is 213 cm³/mol. The molecule has 3 saturated heterocycles. The second-order valence-corrected chi connectivity index (χ2v) is 16.3. The van der Waals surface area contributed by atoms with Gasteiger partial charge in [-0.2, -0.15) is 0 Å². The van der Waals surface area contributed by atoms with Gasteiger partial charge in [-0.05, 0) is 37.6 Å². The van der Waals surface area contributed by atoms with Crippen molar-refractivity contribution in [1.29, 1.82) is 0 Å². The van der Waals surface area contributed by atoms with E-state index >= 15 is 0 Å². The zero-order valence-electron chi connectivity index (χ0n) is 35.7. The lowest BCUT2D eigenvalue weighted by molar-refractivity contribution is -0.373. The molecule has 3 fully saturated rings. The zero-order valence-corrected chi connectivity index (χ0v) is 35.7. The normalized spacial score (nSPS) is 39.2. The topological polar surface area (TPSA) is 386 Å². The van der Waals surface area contributed by atoms with Gasteiger partial charge in [0.25, 0.3) is 5.91 Å². The maximum atomic E-state index is 13.5. The first-order valence-electron chi connectivity index (χ1n) is 20.9. The van der Waals surface area contributed by atoms with Crippen molar-refractivity contribution < 1.29 is 109 Å². The van der Waals surface area contributed by atoms with E-state index in [1.54, 1.807) is 18.5 Å². The van der Waals surface area contributed by atoms with E-state index in [-0.39, 0.29) is 35.9 Å². The molecule has 25 nitrogen and oxygen atoms in total. The van der Waals surface area contributed by atoms with Crippen LogP contribution in [-0.2, 0) is 35.0 Å². The largest absolute Gasteiger partial charge is 0.461 e. The Hall–Kier alpha value is -3.72. The standard InChI is InChI=1S/C25H43NO18.C15H14FN3O3/c1-6-11(26-8-2-7(3-27)12(30)15(33)13(8)31)14(32)19(37)24(40-6)43-22-10(5-29)42-25(20(38)17(22)35)44-21-9(4-28)41-23(39)18(36)16(21)34;1-3-22-15(21)13-12-7-18(2)14(20)10-6-9(16)4-5-11(10)19(12)8-17-13/h2,6,8-39H,3-5H2,1H3;4-6,8H,3,7H2,1-2H3/t6-,8+,9-,10-,11-,12-,13+,14+,15+,16-,17-,18-,19-,20-,21-,22-,23-,24-,25-;/m1./s1. The number of amides is 1. The number of nitrogens with one attached hydrogen (secondary N) is 1. The Kier molecular flexibility index (Phi) is 17.0. The second kappa shape index (κ2) is 21.7. The van der Waals surface area contributed by atoms with E-state index in [1.165, 1.54) is 42.4 Å². The van der Waals surface area contributed by atoms with E-state index in [0.29, 0.717) is 11.4 Å². The van der Waals surface area contributed by atoms with Crippen LogP contribution in [0.25, 0.3) is 5.69 Å². The van der Waals surface area contributed by atoms with Crippen LogP contribution in [0.3, 0.4) is 0 Å². The van der Waals surface area contributed by atoms with Gasteiger partial charge in [-0.3, -0.25) is 9.36 Å². The Bertz CT molecular complexity index is 2010. The molecule has 1 aromatic heterocycles. The lowest BCUT2D eigenvalue weighted by Gasteiger charge is -2.48. The first kappa shape index (κ1) is 51.7. The number of aliphatic hydroxyl groups excluding tert-OH is 13. The minimum atomic E-state index is -1.93. The number of esters is 1. The van der Waals surface area contributed by atoms with Crippen molar-refractivity contribution in [2.24, 2.45) is 0 Å². The minimum Gasteiger partial charge on any atom is -0.461 e. The van der Waals surface area contributed by atoms with E-state index in [1.807, 2.05) is 0 Å². The third-order valence-electron chi connectivity index (χ3n) is 12.0. The van der Waals surface area contributed by atoms with Gasteiger partial charge in [0, 0.05) is 7.05 Å². The summed E-state index contributed by atoms with van der Waals surface area (Å²) >= 11 is 0. The number of carbonyl (C=O) groups is 2. The molecule has 1 aromatic carbocycles. The third-order valence-corrected chi connectivity index (χ3v) is 12.0. The summed E-state index contributed by atoms with van der Waals surface area (Å²) in [5, 5.41) is 136. The first-order valence-corrected chi connectivity index (χ1v) is 20.9. The quantitative estimate of drug-likeness (QED) is 0.0735. The Labute approximate surface area is 375 Å². The van der Waals surface area contributed by atoms with Crippen LogP contribution in [0.2, 0.25) is 0 Å². The zero-order chi connectivity index (χ0) is 48.5. The van der Waals surface area contributed by atoms with Gasteiger partial charge in [-0.25, -0.2) is 14.2 Å². The number of ether oxygens (including phenoxy) is 6. The van der Waals surface area contributed by atoms with Gasteiger partial charge < -0.3 is 105 Å². The highest BCUT2D eigenvalue weighted by Gasteiger charge is 2.53. The fourth-order valence-corrected chi connectivity index (χ4v) is 8.31. The number of imidazole rings is 1. The molecular weight excluding hydrogens is 891 g/mol. The lowest BCUT2D eigenvalue weighted by Crippen LogP contribution is -2.68.